The molecule has 1 aliphatic heterocycles. The van der Waals surface area contributed by atoms with Crippen LogP contribution in [-0.2, 0) is 11.3 Å². The van der Waals surface area contributed by atoms with Crippen molar-refractivity contribution in [1.82, 2.24) is 20.0 Å². The highest BCUT2D eigenvalue weighted by molar-refractivity contribution is 7.22. The fraction of sp³-hybridized carbons (Fsp3) is 0.407. The van der Waals surface area contributed by atoms with Gasteiger partial charge in [-0.15, -0.1) is 0 Å². The van der Waals surface area contributed by atoms with Crippen LogP contribution < -0.4 is 9.64 Å². The maximum Gasteiger partial charge on any atom is 0.338 e. The summed E-state index contributed by atoms with van der Waals surface area (Å²) in [4.78, 5) is 25.8. The number of carbonyl (C=O) groups is 1. The normalized spacial score (nSPS) is 18.1. The summed E-state index contributed by atoms with van der Waals surface area (Å²) in [5.74, 6) is 1.48. The zero-order valence-corrected chi connectivity index (χ0v) is 24.1. The molecule has 0 bridgehead atoms. The Morgan fingerprint density at radius 2 is 1.95 bits per heavy atom. The summed E-state index contributed by atoms with van der Waals surface area (Å²) < 4.78 is 17.2. The fourth-order valence-corrected chi connectivity index (χ4v) is 6.86. The number of rotatable bonds is 7. The van der Waals surface area contributed by atoms with Crippen LogP contribution in [0, 0.1) is 0 Å². The van der Waals surface area contributed by atoms with Crippen molar-refractivity contribution in [2.24, 2.45) is 0 Å². The van der Waals surface area contributed by atoms with E-state index in [-0.39, 0.29) is 6.04 Å². The van der Waals surface area contributed by atoms with Gasteiger partial charge in [0.1, 0.15) is 22.7 Å². The summed E-state index contributed by atoms with van der Waals surface area (Å²) in [6.07, 6.45) is 5.37. The van der Waals surface area contributed by atoms with Gasteiger partial charge in [0.25, 0.3) is 0 Å². The van der Waals surface area contributed by atoms with Crippen LogP contribution in [0.3, 0.4) is 0 Å². The van der Waals surface area contributed by atoms with E-state index in [1.165, 1.54) is 7.11 Å². The van der Waals surface area contributed by atoms with E-state index in [0.29, 0.717) is 45.1 Å². The second kappa shape index (κ2) is 10.6. The number of benzene rings is 1. The van der Waals surface area contributed by atoms with Crippen LogP contribution in [0.4, 0.5) is 5.13 Å². The lowest BCUT2D eigenvalue weighted by Gasteiger charge is -2.39. The molecule has 3 aromatic heterocycles. The lowest BCUT2D eigenvalue weighted by Crippen LogP contribution is -2.51. The molecular formula is C27H27Cl2N5O4S. The molecule has 0 amide bonds. The van der Waals surface area contributed by atoms with Crippen molar-refractivity contribution in [3.63, 3.8) is 0 Å². The zero-order chi connectivity index (χ0) is 27.3. The number of nitrogens with zero attached hydrogens (tertiary/aromatic N) is 5. The van der Waals surface area contributed by atoms with Gasteiger partial charge >= 0.3 is 5.97 Å². The standard InChI is InChI=1S/C27H27Cl2N5O4S/c1-14-12-33(13-17-23(32-38-25(17)15-4-5-15)22-18(28)10-30-11-19(22)29)6-7-34(14)27-31-24-20(36-2)8-16(26(35)37-3)9-21(24)39-27/h8-11,14-15H,4-7,12-13H2,1-3H3/t14-/m1/s1. The summed E-state index contributed by atoms with van der Waals surface area (Å²) in [6.45, 7) is 5.34. The molecule has 204 valence electrons. The number of anilines is 1. The Labute approximate surface area is 239 Å². The first-order valence-electron chi connectivity index (χ1n) is 12.7. The van der Waals surface area contributed by atoms with Crippen molar-refractivity contribution in [3.8, 4) is 17.0 Å². The Balaban J connectivity index is 1.25. The van der Waals surface area contributed by atoms with E-state index < -0.39 is 5.97 Å². The second-order valence-electron chi connectivity index (χ2n) is 9.92. The Morgan fingerprint density at radius 1 is 1.18 bits per heavy atom. The monoisotopic (exact) mass is 587 g/mol. The minimum atomic E-state index is -0.403. The Bertz CT molecular complexity index is 1530. The molecule has 9 nitrogen and oxygen atoms in total. The van der Waals surface area contributed by atoms with Gasteiger partial charge in [-0.3, -0.25) is 9.88 Å². The molecule has 4 aromatic rings. The van der Waals surface area contributed by atoms with Gasteiger partial charge < -0.3 is 18.9 Å². The van der Waals surface area contributed by atoms with E-state index in [2.05, 4.69) is 26.9 Å². The Morgan fingerprint density at radius 3 is 2.62 bits per heavy atom. The molecule has 0 unspecified atom stereocenters. The first-order valence-corrected chi connectivity index (χ1v) is 14.3. The van der Waals surface area contributed by atoms with Crippen molar-refractivity contribution in [3.05, 3.63) is 51.5 Å². The molecule has 1 atom stereocenters. The molecule has 39 heavy (non-hydrogen) atoms. The quantitative estimate of drug-likeness (QED) is 0.240. The van der Waals surface area contributed by atoms with Crippen molar-refractivity contribution in [1.29, 1.82) is 0 Å². The largest absolute Gasteiger partial charge is 0.494 e. The Kier molecular flexibility index (Phi) is 7.13. The van der Waals surface area contributed by atoms with Crippen LogP contribution >= 0.6 is 34.5 Å². The molecule has 0 radical (unpaired) electrons. The predicted octanol–water partition coefficient (Wildman–Crippen LogP) is 6.04. The number of halogens is 2. The maximum atomic E-state index is 12.1. The van der Waals surface area contributed by atoms with Crippen molar-refractivity contribution >= 4 is 55.9 Å². The number of pyridine rings is 1. The Hall–Kier alpha value is -2.92. The van der Waals surface area contributed by atoms with E-state index in [1.807, 2.05) is 6.07 Å². The number of carbonyl (C=O) groups excluding carboxylic acids is 1. The van der Waals surface area contributed by atoms with Gasteiger partial charge in [0.2, 0.25) is 0 Å². The molecule has 0 spiro atoms. The van der Waals surface area contributed by atoms with Gasteiger partial charge in [0, 0.05) is 61.7 Å². The molecule has 4 heterocycles. The number of ether oxygens (including phenoxy) is 2. The second-order valence-corrected chi connectivity index (χ2v) is 11.7. The smallest absolute Gasteiger partial charge is 0.338 e. The number of hydrogen-bond donors (Lipinski definition) is 0. The highest BCUT2D eigenvalue weighted by atomic mass is 35.5. The van der Waals surface area contributed by atoms with Crippen molar-refractivity contribution < 1.29 is 18.8 Å². The van der Waals surface area contributed by atoms with Gasteiger partial charge in [-0.25, -0.2) is 9.78 Å². The summed E-state index contributed by atoms with van der Waals surface area (Å²) in [6, 6.07) is 3.69. The predicted molar refractivity (Wildman–Crippen MR) is 151 cm³/mol. The number of aromatic nitrogens is 3. The maximum absolute atomic E-state index is 12.1. The highest BCUT2D eigenvalue weighted by Crippen LogP contribution is 2.46. The molecule has 2 fully saturated rings. The summed E-state index contributed by atoms with van der Waals surface area (Å²) >= 11 is 14.5. The molecule has 1 saturated heterocycles. The molecule has 12 heteroatoms. The molecule has 0 N–H and O–H groups in total. The molecule has 2 aliphatic rings. The number of methoxy groups -OCH3 is 2. The van der Waals surface area contributed by atoms with Crippen LogP contribution in [0.15, 0.2) is 29.0 Å². The first-order chi connectivity index (χ1) is 18.9. The third-order valence-electron chi connectivity index (χ3n) is 7.29. The summed E-state index contributed by atoms with van der Waals surface area (Å²) in [7, 11) is 2.95. The number of thiazole rings is 1. The van der Waals surface area contributed by atoms with Crippen molar-refractivity contribution in [2.75, 3.05) is 38.8 Å². The number of fused-ring (bicyclic) bond motifs is 1. The van der Waals surface area contributed by atoms with Gasteiger partial charge in [-0.05, 0) is 31.9 Å². The number of esters is 1. The third-order valence-corrected chi connectivity index (χ3v) is 8.90. The zero-order valence-electron chi connectivity index (χ0n) is 21.7. The SMILES string of the molecule is COC(=O)c1cc(OC)c2nc(N3CCN(Cc4c(-c5c(Cl)cncc5Cl)noc4C4CC4)C[C@H]3C)sc2c1. The van der Waals surface area contributed by atoms with Crippen LogP contribution in [0.5, 0.6) is 5.75 Å². The van der Waals surface area contributed by atoms with Crippen LogP contribution in [0.1, 0.15) is 47.4 Å². The number of hydrogen-bond acceptors (Lipinski definition) is 10. The van der Waals surface area contributed by atoms with E-state index in [1.54, 1.807) is 36.9 Å². The molecule has 6 rings (SSSR count). The van der Waals surface area contributed by atoms with E-state index >= 15 is 0 Å². The average Bonchev–Trinajstić information content (AvgIpc) is 3.55. The summed E-state index contributed by atoms with van der Waals surface area (Å²) in [5.41, 5.74) is 3.60. The minimum Gasteiger partial charge on any atom is -0.494 e. The van der Waals surface area contributed by atoms with Gasteiger partial charge in [0.05, 0.1) is 34.5 Å². The molecular weight excluding hydrogens is 561 g/mol. The lowest BCUT2D eigenvalue weighted by molar-refractivity contribution is 0.0600. The van der Waals surface area contributed by atoms with Gasteiger partial charge in [-0.1, -0.05) is 39.7 Å². The fourth-order valence-electron chi connectivity index (χ4n) is 5.16. The van der Waals surface area contributed by atoms with Gasteiger partial charge in [-0.2, -0.15) is 0 Å². The minimum absolute atomic E-state index is 0.200. The van der Waals surface area contributed by atoms with E-state index in [9.17, 15) is 4.79 Å². The number of piperazine rings is 1. The van der Waals surface area contributed by atoms with Crippen molar-refractivity contribution in [2.45, 2.75) is 38.3 Å². The average molecular weight is 589 g/mol. The molecule has 1 aliphatic carbocycles. The van der Waals surface area contributed by atoms with E-state index in [0.717, 1.165) is 59.1 Å². The lowest BCUT2D eigenvalue weighted by atomic mass is 10.0. The topological polar surface area (TPSA) is 93.8 Å². The molecule has 1 saturated carbocycles. The summed E-state index contributed by atoms with van der Waals surface area (Å²) in [5, 5.41) is 6.24. The van der Waals surface area contributed by atoms with Crippen LogP contribution in [0.2, 0.25) is 10.0 Å². The third kappa shape index (κ3) is 4.95. The first kappa shape index (κ1) is 26.3. The van der Waals surface area contributed by atoms with Crippen LogP contribution in [-0.4, -0.2) is 65.9 Å². The molecule has 1 aromatic carbocycles. The van der Waals surface area contributed by atoms with Gasteiger partial charge in [0.15, 0.2) is 5.13 Å². The van der Waals surface area contributed by atoms with Crippen LogP contribution in [0.25, 0.3) is 21.5 Å². The highest BCUT2D eigenvalue weighted by Gasteiger charge is 2.35. The van der Waals surface area contributed by atoms with E-state index in [4.69, 9.17) is 42.2 Å².